The molecule has 1 unspecified atom stereocenters. The summed E-state index contributed by atoms with van der Waals surface area (Å²) in [7, 11) is 1.40. The number of hydrogen-bond donors (Lipinski definition) is 1. The van der Waals surface area contributed by atoms with Crippen molar-refractivity contribution in [1.29, 1.82) is 0 Å². The van der Waals surface area contributed by atoms with Crippen LogP contribution in [0.25, 0.3) is 0 Å². The highest BCUT2D eigenvalue weighted by Crippen LogP contribution is 2.27. The van der Waals surface area contributed by atoms with Gasteiger partial charge in [0, 0.05) is 23.8 Å². The van der Waals surface area contributed by atoms with Crippen molar-refractivity contribution in [3.05, 3.63) is 59.2 Å². The van der Waals surface area contributed by atoms with Crippen LogP contribution in [0.4, 0.5) is 23.2 Å². The molecule has 0 saturated carbocycles. The minimum atomic E-state index is -1.31. The third-order valence-corrected chi connectivity index (χ3v) is 3.04. The quantitative estimate of drug-likeness (QED) is 0.666. The molecule has 0 aromatic heterocycles. The molecule has 0 aliphatic heterocycles. The predicted molar refractivity (Wildman–Crippen MR) is 71.3 cm³/mol. The molecular weight excluding hydrogens is 286 g/mol. The molecule has 21 heavy (non-hydrogen) atoms. The van der Waals surface area contributed by atoms with Crippen LogP contribution in [-0.2, 0) is 0 Å². The lowest BCUT2D eigenvalue weighted by atomic mass is 10.1. The Balaban J connectivity index is 2.28. The van der Waals surface area contributed by atoms with E-state index in [4.69, 9.17) is 4.74 Å². The van der Waals surface area contributed by atoms with Gasteiger partial charge < -0.3 is 10.1 Å². The fourth-order valence-electron chi connectivity index (χ4n) is 1.96. The fraction of sp³-hybridized carbons (Fsp3) is 0.200. The van der Waals surface area contributed by atoms with Gasteiger partial charge in [-0.2, -0.15) is 0 Å². The number of anilines is 1. The van der Waals surface area contributed by atoms with Gasteiger partial charge in [0.05, 0.1) is 18.8 Å². The van der Waals surface area contributed by atoms with Gasteiger partial charge in [-0.3, -0.25) is 0 Å². The zero-order valence-corrected chi connectivity index (χ0v) is 11.4. The number of methoxy groups -OCH3 is 1. The summed E-state index contributed by atoms with van der Waals surface area (Å²) in [6.07, 6.45) is 0. The van der Waals surface area contributed by atoms with Crippen LogP contribution in [-0.4, -0.2) is 7.11 Å². The average molecular weight is 299 g/mol. The Morgan fingerprint density at radius 2 is 1.71 bits per heavy atom. The standard InChI is InChI=1S/C15H13F4NO/c1-8(11-4-3-10(21-2)7-12(11)17)20-14-6-9(16)5-13(18)15(14)19/h3-8,20H,1-2H3. The van der Waals surface area contributed by atoms with Crippen molar-refractivity contribution in [3.8, 4) is 5.75 Å². The van der Waals surface area contributed by atoms with Gasteiger partial charge in [0.1, 0.15) is 17.4 Å². The van der Waals surface area contributed by atoms with E-state index in [1.54, 1.807) is 13.0 Å². The molecule has 0 amide bonds. The number of ether oxygens (including phenoxy) is 1. The van der Waals surface area contributed by atoms with Crippen LogP contribution < -0.4 is 10.1 Å². The molecule has 1 atom stereocenters. The smallest absolute Gasteiger partial charge is 0.182 e. The van der Waals surface area contributed by atoms with Gasteiger partial charge in [0.15, 0.2) is 11.6 Å². The Hall–Kier alpha value is -2.24. The lowest BCUT2D eigenvalue weighted by Gasteiger charge is -2.17. The normalized spacial score (nSPS) is 12.1. The molecule has 2 aromatic carbocycles. The second-order valence-electron chi connectivity index (χ2n) is 4.50. The van der Waals surface area contributed by atoms with E-state index in [9.17, 15) is 17.6 Å². The third-order valence-electron chi connectivity index (χ3n) is 3.04. The molecule has 2 aromatic rings. The van der Waals surface area contributed by atoms with Crippen molar-refractivity contribution in [1.82, 2.24) is 0 Å². The highest BCUT2D eigenvalue weighted by Gasteiger charge is 2.16. The molecule has 0 fully saturated rings. The van der Waals surface area contributed by atoms with Gasteiger partial charge in [-0.25, -0.2) is 17.6 Å². The van der Waals surface area contributed by atoms with Crippen LogP contribution in [0.1, 0.15) is 18.5 Å². The number of hydrogen-bond acceptors (Lipinski definition) is 2. The molecule has 0 radical (unpaired) electrons. The summed E-state index contributed by atoms with van der Waals surface area (Å²) in [4.78, 5) is 0. The molecule has 0 spiro atoms. The van der Waals surface area contributed by atoms with Gasteiger partial charge >= 0.3 is 0 Å². The van der Waals surface area contributed by atoms with Crippen molar-refractivity contribution < 1.29 is 22.3 Å². The van der Waals surface area contributed by atoms with Crippen LogP contribution in [0.2, 0.25) is 0 Å². The third kappa shape index (κ3) is 3.26. The number of nitrogens with one attached hydrogen (secondary N) is 1. The molecule has 112 valence electrons. The highest BCUT2D eigenvalue weighted by atomic mass is 19.2. The van der Waals surface area contributed by atoms with E-state index in [0.29, 0.717) is 11.8 Å². The van der Waals surface area contributed by atoms with E-state index < -0.39 is 29.3 Å². The first-order valence-electron chi connectivity index (χ1n) is 6.17. The lowest BCUT2D eigenvalue weighted by molar-refractivity contribution is 0.410. The molecule has 0 aliphatic carbocycles. The summed E-state index contributed by atoms with van der Waals surface area (Å²) in [5.74, 6) is -3.66. The Bertz CT molecular complexity index is 660. The Labute approximate surface area is 119 Å². The van der Waals surface area contributed by atoms with E-state index in [1.165, 1.54) is 19.2 Å². The fourth-order valence-corrected chi connectivity index (χ4v) is 1.96. The first-order chi connectivity index (χ1) is 9.92. The minimum Gasteiger partial charge on any atom is -0.497 e. The average Bonchev–Trinajstić information content (AvgIpc) is 2.43. The van der Waals surface area contributed by atoms with E-state index in [1.807, 2.05) is 0 Å². The Kier molecular flexibility index (Phi) is 4.35. The van der Waals surface area contributed by atoms with Crippen LogP contribution in [0, 0.1) is 23.3 Å². The molecule has 2 nitrogen and oxygen atoms in total. The molecule has 2 rings (SSSR count). The second kappa shape index (κ2) is 6.03. The molecule has 1 N–H and O–H groups in total. The zero-order valence-electron chi connectivity index (χ0n) is 11.4. The molecule has 0 aliphatic rings. The molecule has 0 bridgehead atoms. The van der Waals surface area contributed by atoms with Crippen molar-refractivity contribution in [2.75, 3.05) is 12.4 Å². The maximum atomic E-state index is 13.9. The van der Waals surface area contributed by atoms with Crippen LogP contribution in [0.5, 0.6) is 5.75 Å². The van der Waals surface area contributed by atoms with Crippen LogP contribution in [0.3, 0.4) is 0 Å². The van der Waals surface area contributed by atoms with Gasteiger partial charge in [0.25, 0.3) is 0 Å². The molecule has 0 saturated heterocycles. The number of halogens is 4. The Morgan fingerprint density at radius 1 is 1.00 bits per heavy atom. The van der Waals surface area contributed by atoms with Crippen molar-refractivity contribution in [2.24, 2.45) is 0 Å². The Morgan fingerprint density at radius 3 is 2.33 bits per heavy atom. The first-order valence-corrected chi connectivity index (χ1v) is 6.17. The van der Waals surface area contributed by atoms with Crippen LogP contribution in [0.15, 0.2) is 30.3 Å². The van der Waals surface area contributed by atoms with E-state index in [-0.39, 0.29) is 11.3 Å². The summed E-state index contributed by atoms with van der Waals surface area (Å²) in [5, 5.41) is 2.55. The summed E-state index contributed by atoms with van der Waals surface area (Å²) >= 11 is 0. The predicted octanol–water partition coefficient (Wildman–Crippen LogP) is 4.42. The van der Waals surface area contributed by atoms with Crippen LogP contribution >= 0.6 is 0 Å². The maximum absolute atomic E-state index is 13.9. The number of benzene rings is 2. The maximum Gasteiger partial charge on any atom is 0.182 e. The summed E-state index contributed by atoms with van der Waals surface area (Å²) < 4.78 is 58.6. The van der Waals surface area contributed by atoms with Gasteiger partial charge in [-0.15, -0.1) is 0 Å². The largest absolute Gasteiger partial charge is 0.497 e. The van der Waals surface area contributed by atoms with Crippen molar-refractivity contribution in [2.45, 2.75) is 13.0 Å². The van der Waals surface area contributed by atoms with E-state index >= 15 is 0 Å². The number of rotatable bonds is 4. The molecule has 6 heteroatoms. The van der Waals surface area contributed by atoms with Crippen molar-refractivity contribution >= 4 is 5.69 Å². The summed E-state index contributed by atoms with van der Waals surface area (Å²) in [6.45, 7) is 1.55. The van der Waals surface area contributed by atoms with Gasteiger partial charge in [-0.1, -0.05) is 6.07 Å². The molecular formula is C15H13F4NO. The van der Waals surface area contributed by atoms with E-state index in [0.717, 1.165) is 6.07 Å². The minimum absolute atomic E-state index is 0.222. The summed E-state index contributed by atoms with van der Waals surface area (Å²) in [5.41, 5.74) is -0.143. The molecule has 0 heterocycles. The monoisotopic (exact) mass is 299 g/mol. The first kappa shape index (κ1) is 15.2. The van der Waals surface area contributed by atoms with Gasteiger partial charge in [-0.05, 0) is 13.0 Å². The highest BCUT2D eigenvalue weighted by molar-refractivity contribution is 5.48. The van der Waals surface area contributed by atoms with Crippen molar-refractivity contribution in [3.63, 3.8) is 0 Å². The van der Waals surface area contributed by atoms with Gasteiger partial charge in [0.2, 0.25) is 0 Å². The zero-order chi connectivity index (χ0) is 15.6. The SMILES string of the molecule is COc1ccc(C(C)Nc2cc(F)cc(F)c2F)c(F)c1. The lowest BCUT2D eigenvalue weighted by Crippen LogP contribution is -2.11. The second-order valence-corrected chi connectivity index (χ2v) is 4.50. The van der Waals surface area contributed by atoms with E-state index in [2.05, 4.69) is 5.32 Å². The topological polar surface area (TPSA) is 21.3 Å². The summed E-state index contributed by atoms with van der Waals surface area (Å²) in [6, 6.07) is 4.75.